The number of rotatable bonds is 46. The van der Waals surface area contributed by atoms with E-state index < -0.39 is 12.2 Å². The lowest BCUT2D eigenvalue weighted by atomic mass is 10.0. The van der Waals surface area contributed by atoms with Crippen molar-refractivity contribution in [1.29, 1.82) is 0 Å². The zero-order valence-corrected chi connectivity index (χ0v) is 44.7. The first-order chi connectivity index (χ1) is 34.1. The Hall–Kier alpha value is -2.81. The van der Waals surface area contributed by atoms with Crippen molar-refractivity contribution in [3.8, 4) is 11.5 Å². The number of fused-ring (bicyclic) bond motifs is 2. The second-order valence-corrected chi connectivity index (χ2v) is 21.2. The summed E-state index contributed by atoms with van der Waals surface area (Å²) < 4.78 is 24.9. The van der Waals surface area contributed by atoms with Crippen LogP contribution in [0.2, 0.25) is 0 Å². The molecule has 0 saturated heterocycles. The zero-order chi connectivity index (χ0) is 48.7. The highest BCUT2D eigenvalue weighted by Gasteiger charge is 2.19. The van der Waals surface area contributed by atoms with Gasteiger partial charge in [-0.25, -0.2) is 0 Å². The highest BCUT2D eigenvalue weighted by molar-refractivity contribution is 7.99. The standard InChI is InChI=1S/C62H98O6S/c1-3-5-7-9-11-13-15-17-19-21-23-25-27-29-31-38-46-65-49-53(63)51-67-61-57-42-36-37-43-58(57)62(60-48-56(44-45-59(60)61)69-55-40-34-33-35-41-55)68-52-54(64)50-66-47-39-32-30-28-26-24-22-20-18-16-14-12-10-8-6-4-2/h33-37,40-45,48,53-54,63-64H,3-32,38-39,46-47,49-52H2,1-2H3. The van der Waals surface area contributed by atoms with Gasteiger partial charge in [-0.1, -0.05) is 261 Å². The Morgan fingerprint density at radius 3 is 1.07 bits per heavy atom. The lowest BCUT2D eigenvalue weighted by Gasteiger charge is -2.21. The second kappa shape index (κ2) is 39.8. The van der Waals surface area contributed by atoms with Gasteiger partial charge >= 0.3 is 0 Å². The minimum atomic E-state index is -0.757. The van der Waals surface area contributed by atoms with E-state index in [0.29, 0.717) is 24.7 Å². The van der Waals surface area contributed by atoms with Crippen molar-refractivity contribution in [1.82, 2.24) is 0 Å². The highest BCUT2D eigenvalue weighted by atomic mass is 32.2. The maximum Gasteiger partial charge on any atom is 0.135 e. The van der Waals surface area contributed by atoms with E-state index in [9.17, 15) is 10.2 Å². The van der Waals surface area contributed by atoms with E-state index in [0.717, 1.165) is 44.2 Å². The quantitative estimate of drug-likeness (QED) is 0.0337. The monoisotopic (exact) mass is 971 g/mol. The van der Waals surface area contributed by atoms with E-state index in [1.165, 1.54) is 193 Å². The first kappa shape index (κ1) is 58.8. The molecule has 6 nitrogen and oxygen atoms in total. The van der Waals surface area contributed by atoms with Gasteiger partial charge in [-0.15, -0.1) is 0 Å². The number of benzene rings is 4. The molecule has 0 aromatic heterocycles. The normalized spacial score (nSPS) is 12.6. The Morgan fingerprint density at radius 2 is 0.681 bits per heavy atom. The summed E-state index contributed by atoms with van der Waals surface area (Å²) >= 11 is 1.70. The number of hydrogen-bond acceptors (Lipinski definition) is 7. The van der Waals surface area contributed by atoms with E-state index in [4.69, 9.17) is 18.9 Å². The summed E-state index contributed by atoms with van der Waals surface area (Å²) in [6.07, 6.45) is 41.5. The SMILES string of the molecule is CCCCCCCCCCCCCCCCCCOCC(O)COc1c2ccccc2c(OCC(O)COCCCCCCCCCCCCCCCCCC)c2cc(Sc3ccccc3)ccc12. The lowest BCUT2D eigenvalue weighted by molar-refractivity contribution is 0.0111. The molecule has 0 aliphatic rings. The fourth-order valence-electron chi connectivity index (χ4n) is 9.48. The number of aliphatic hydroxyl groups is 2. The summed E-state index contributed by atoms with van der Waals surface area (Å²) in [5, 5.41) is 25.6. The topological polar surface area (TPSA) is 77.4 Å². The molecule has 388 valence electrons. The molecule has 2 unspecified atom stereocenters. The Labute approximate surface area is 425 Å². The molecule has 0 aliphatic carbocycles. The molecule has 4 rings (SSSR count). The number of aliphatic hydroxyl groups excluding tert-OH is 2. The molecule has 0 amide bonds. The van der Waals surface area contributed by atoms with Crippen molar-refractivity contribution in [2.45, 2.75) is 241 Å². The van der Waals surface area contributed by atoms with E-state index in [-0.39, 0.29) is 26.4 Å². The molecule has 0 fully saturated rings. The Bertz CT molecular complexity index is 1820. The van der Waals surface area contributed by atoms with Crippen LogP contribution >= 0.6 is 11.8 Å². The van der Waals surface area contributed by atoms with Crippen LogP contribution in [0.3, 0.4) is 0 Å². The smallest absolute Gasteiger partial charge is 0.135 e. The van der Waals surface area contributed by atoms with E-state index in [1.807, 2.05) is 30.3 Å². The van der Waals surface area contributed by atoms with Crippen LogP contribution in [0.15, 0.2) is 82.6 Å². The summed E-state index contributed by atoms with van der Waals surface area (Å²) in [5.41, 5.74) is 0. The van der Waals surface area contributed by atoms with Crippen molar-refractivity contribution >= 4 is 33.3 Å². The van der Waals surface area contributed by atoms with Crippen LogP contribution in [0.4, 0.5) is 0 Å². The molecule has 0 saturated carbocycles. The van der Waals surface area contributed by atoms with Gasteiger partial charge in [-0.3, -0.25) is 0 Å². The minimum absolute atomic E-state index is 0.115. The molecule has 0 heterocycles. The molecule has 0 spiro atoms. The molecular formula is C62H98O6S. The lowest BCUT2D eigenvalue weighted by Crippen LogP contribution is -2.24. The van der Waals surface area contributed by atoms with E-state index in [2.05, 4.69) is 56.3 Å². The second-order valence-electron chi connectivity index (χ2n) is 20.0. The molecule has 0 radical (unpaired) electrons. The Balaban J connectivity index is 1.16. The van der Waals surface area contributed by atoms with Gasteiger partial charge in [0.2, 0.25) is 0 Å². The third-order valence-electron chi connectivity index (χ3n) is 13.6. The average molecular weight is 972 g/mol. The minimum Gasteiger partial charge on any atom is -0.489 e. The first-order valence-corrected chi connectivity index (χ1v) is 29.4. The molecule has 0 aliphatic heterocycles. The Morgan fingerprint density at radius 1 is 0.348 bits per heavy atom. The Kier molecular flexibility index (Phi) is 33.9. The van der Waals surface area contributed by atoms with Crippen LogP contribution in [0, 0.1) is 0 Å². The number of unbranched alkanes of at least 4 members (excludes halogenated alkanes) is 30. The maximum absolute atomic E-state index is 11.0. The summed E-state index contributed by atoms with van der Waals surface area (Å²) in [5.74, 6) is 1.42. The van der Waals surface area contributed by atoms with Gasteiger partial charge in [0.05, 0.1) is 13.2 Å². The van der Waals surface area contributed by atoms with Crippen LogP contribution in [0.5, 0.6) is 11.5 Å². The third-order valence-corrected chi connectivity index (χ3v) is 14.6. The predicted octanol–water partition coefficient (Wildman–Crippen LogP) is 18.2. The molecule has 2 atom stereocenters. The van der Waals surface area contributed by atoms with Gasteiger partial charge in [-0.2, -0.15) is 0 Å². The van der Waals surface area contributed by atoms with Crippen molar-refractivity contribution in [2.24, 2.45) is 0 Å². The fraction of sp³-hybridized carbons (Fsp3) is 0.677. The molecule has 69 heavy (non-hydrogen) atoms. The highest BCUT2D eigenvalue weighted by Crippen LogP contribution is 2.45. The summed E-state index contributed by atoms with van der Waals surface area (Å²) in [6.45, 7) is 6.61. The van der Waals surface area contributed by atoms with E-state index >= 15 is 0 Å². The van der Waals surface area contributed by atoms with Gasteiger partial charge in [0.25, 0.3) is 0 Å². The largest absolute Gasteiger partial charge is 0.489 e. The number of hydrogen-bond donors (Lipinski definition) is 2. The predicted molar refractivity (Wildman–Crippen MR) is 296 cm³/mol. The zero-order valence-electron chi connectivity index (χ0n) is 43.9. The van der Waals surface area contributed by atoms with Crippen LogP contribution in [0.25, 0.3) is 21.5 Å². The van der Waals surface area contributed by atoms with Gasteiger partial charge < -0.3 is 29.2 Å². The summed E-state index contributed by atoms with van der Waals surface area (Å²) in [6, 6.07) is 24.8. The summed E-state index contributed by atoms with van der Waals surface area (Å²) in [7, 11) is 0. The van der Waals surface area contributed by atoms with E-state index in [1.54, 1.807) is 11.8 Å². The molecular weight excluding hydrogens is 873 g/mol. The third kappa shape index (κ3) is 26.5. The molecule has 2 N–H and O–H groups in total. The number of ether oxygens (including phenoxy) is 4. The van der Waals surface area contributed by atoms with Gasteiger partial charge in [-0.05, 0) is 43.2 Å². The summed E-state index contributed by atoms with van der Waals surface area (Å²) in [4.78, 5) is 2.22. The van der Waals surface area contributed by atoms with Crippen molar-refractivity contribution < 1.29 is 29.2 Å². The molecule has 4 aromatic carbocycles. The molecule has 0 bridgehead atoms. The molecule has 4 aromatic rings. The first-order valence-electron chi connectivity index (χ1n) is 28.6. The average Bonchev–Trinajstić information content (AvgIpc) is 3.36. The van der Waals surface area contributed by atoms with Crippen molar-refractivity contribution in [2.75, 3.05) is 39.6 Å². The maximum atomic E-state index is 11.0. The molecule has 7 heteroatoms. The van der Waals surface area contributed by atoms with Gasteiger partial charge in [0.15, 0.2) is 0 Å². The van der Waals surface area contributed by atoms with Gasteiger partial charge in [0, 0.05) is 44.5 Å². The van der Waals surface area contributed by atoms with Crippen LogP contribution < -0.4 is 9.47 Å². The van der Waals surface area contributed by atoms with Gasteiger partial charge in [0.1, 0.15) is 36.9 Å². The van der Waals surface area contributed by atoms with Crippen LogP contribution in [-0.2, 0) is 9.47 Å². The van der Waals surface area contributed by atoms with Crippen LogP contribution in [0.1, 0.15) is 219 Å². The van der Waals surface area contributed by atoms with Crippen molar-refractivity contribution in [3.05, 3.63) is 72.8 Å². The van der Waals surface area contributed by atoms with Crippen molar-refractivity contribution in [3.63, 3.8) is 0 Å². The van der Waals surface area contributed by atoms with Crippen LogP contribution in [-0.4, -0.2) is 62.1 Å². The fourth-order valence-corrected chi connectivity index (χ4v) is 10.4.